The Morgan fingerprint density at radius 1 is 0.875 bits per heavy atom. The normalized spacial score (nSPS) is 11.6. The lowest BCUT2D eigenvalue weighted by molar-refractivity contribution is 0.0620. The highest BCUT2D eigenvalue weighted by molar-refractivity contribution is 5.96. The number of ether oxygens (including phenoxy) is 2. The molecule has 0 spiro atoms. The van der Waals surface area contributed by atoms with Gasteiger partial charge in [0.1, 0.15) is 17.0 Å². The molecule has 24 heavy (non-hydrogen) atoms. The average Bonchev–Trinajstić information content (AvgIpc) is 2.30. The summed E-state index contributed by atoms with van der Waals surface area (Å²) < 4.78 is 10.4. The Kier molecular flexibility index (Phi) is 5.71. The van der Waals surface area contributed by atoms with Crippen molar-refractivity contribution in [2.24, 2.45) is 0 Å². The molecular weight excluding hydrogens is 312 g/mol. The first-order chi connectivity index (χ1) is 10.8. The molecule has 0 atom stereocenters. The zero-order valence-corrected chi connectivity index (χ0v) is 15.2. The van der Waals surface area contributed by atoms with Crippen molar-refractivity contribution in [3.05, 3.63) is 17.7 Å². The summed E-state index contributed by atoms with van der Waals surface area (Å²) in [4.78, 5) is 23.9. The Hall–Kier alpha value is -2.44. The van der Waals surface area contributed by atoms with Crippen LogP contribution in [0.4, 0.5) is 21.0 Å². The minimum atomic E-state index is -0.696. The number of phenolic OH excluding ortho intramolecular Hbond substituents is 1. The molecule has 0 unspecified atom stereocenters. The van der Waals surface area contributed by atoms with E-state index in [0.717, 1.165) is 0 Å². The summed E-state index contributed by atoms with van der Waals surface area (Å²) in [5.74, 6) is -0.0178. The van der Waals surface area contributed by atoms with Crippen LogP contribution in [0, 0.1) is 6.92 Å². The maximum Gasteiger partial charge on any atom is 0.412 e. The maximum absolute atomic E-state index is 12.0. The molecule has 1 rings (SSSR count). The summed E-state index contributed by atoms with van der Waals surface area (Å²) >= 11 is 0. The number of amides is 2. The Morgan fingerprint density at radius 3 is 1.62 bits per heavy atom. The van der Waals surface area contributed by atoms with Gasteiger partial charge in [0, 0.05) is 6.07 Å². The van der Waals surface area contributed by atoms with Crippen LogP contribution in [0.3, 0.4) is 0 Å². The van der Waals surface area contributed by atoms with Gasteiger partial charge in [0.25, 0.3) is 0 Å². The second-order valence-corrected chi connectivity index (χ2v) is 7.44. The highest BCUT2D eigenvalue weighted by Crippen LogP contribution is 2.31. The van der Waals surface area contributed by atoms with Crippen molar-refractivity contribution in [1.29, 1.82) is 0 Å². The summed E-state index contributed by atoms with van der Waals surface area (Å²) in [6, 6.07) is 2.87. The van der Waals surface area contributed by atoms with Crippen molar-refractivity contribution in [2.75, 3.05) is 10.6 Å². The van der Waals surface area contributed by atoms with Gasteiger partial charge in [-0.2, -0.15) is 0 Å². The number of anilines is 2. The smallest absolute Gasteiger partial charge is 0.412 e. The number of nitrogens with one attached hydrogen (secondary N) is 2. The van der Waals surface area contributed by atoms with E-state index in [1.807, 2.05) is 0 Å². The second kappa shape index (κ2) is 6.98. The number of carbonyl (C=O) groups excluding carboxylic acids is 2. The van der Waals surface area contributed by atoms with Crippen molar-refractivity contribution in [2.45, 2.75) is 59.7 Å². The molecule has 0 bridgehead atoms. The van der Waals surface area contributed by atoms with Crippen LogP contribution in [0.2, 0.25) is 0 Å². The number of hydrogen-bond donors (Lipinski definition) is 3. The largest absolute Gasteiger partial charge is 0.508 e. The lowest BCUT2D eigenvalue weighted by Crippen LogP contribution is -2.29. The van der Waals surface area contributed by atoms with Gasteiger partial charge in [0.15, 0.2) is 0 Å². The molecule has 3 N–H and O–H groups in total. The zero-order valence-electron chi connectivity index (χ0n) is 15.2. The molecule has 0 radical (unpaired) electrons. The van der Waals surface area contributed by atoms with Crippen LogP contribution in [0.15, 0.2) is 12.1 Å². The van der Waals surface area contributed by atoms with Gasteiger partial charge in [0.2, 0.25) is 0 Å². The Labute approximate surface area is 142 Å². The second-order valence-electron chi connectivity index (χ2n) is 7.44. The molecule has 0 fully saturated rings. The fraction of sp³-hybridized carbons (Fsp3) is 0.529. The van der Waals surface area contributed by atoms with Crippen molar-refractivity contribution >= 4 is 23.6 Å². The molecule has 134 valence electrons. The van der Waals surface area contributed by atoms with Crippen LogP contribution in [-0.2, 0) is 9.47 Å². The highest BCUT2D eigenvalue weighted by atomic mass is 16.6. The molecule has 0 saturated carbocycles. The van der Waals surface area contributed by atoms with E-state index in [2.05, 4.69) is 10.6 Å². The van der Waals surface area contributed by atoms with E-state index in [9.17, 15) is 14.7 Å². The van der Waals surface area contributed by atoms with Gasteiger partial charge >= 0.3 is 12.2 Å². The Balaban J connectivity index is 3.01. The maximum atomic E-state index is 12.0. The first-order valence-electron chi connectivity index (χ1n) is 7.60. The van der Waals surface area contributed by atoms with Gasteiger partial charge in [-0.25, -0.2) is 9.59 Å². The van der Waals surface area contributed by atoms with Crippen LogP contribution in [0.1, 0.15) is 47.1 Å². The lowest BCUT2D eigenvalue weighted by Gasteiger charge is -2.22. The van der Waals surface area contributed by atoms with Crippen LogP contribution in [0.5, 0.6) is 5.75 Å². The first kappa shape index (κ1) is 19.6. The molecule has 0 aromatic heterocycles. The van der Waals surface area contributed by atoms with Crippen LogP contribution in [-0.4, -0.2) is 28.5 Å². The third-order valence-electron chi connectivity index (χ3n) is 2.61. The van der Waals surface area contributed by atoms with E-state index >= 15 is 0 Å². The van der Waals surface area contributed by atoms with Gasteiger partial charge in [-0.05, 0) is 60.1 Å². The predicted octanol–water partition coefficient (Wildman–Crippen LogP) is 4.39. The zero-order chi connectivity index (χ0) is 18.7. The van der Waals surface area contributed by atoms with Crippen molar-refractivity contribution in [3.63, 3.8) is 0 Å². The number of aromatic hydroxyl groups is 1. The molecule has 0 aliphatic carbocycles. The van der Waals surface area contributed by atoms with E-state index in [1.165, 1.54) is 12.1 Å². The van der Waals surface area contributed by atoms with E-state index in [-0.39, 0.29) is 11.4 Å². The Morgan fingerprint density at radius 2 is 1.25 bits per heavy atom. The molecule has 0 aliphatic heterocycles. The molecule has 7 nitrogen and oxygen atoms in total. The number of phenols is 1. The fourth-order valence-electron chi connectivity index (χ4n) is 1.73. The summed E-state index contributed by atoms with van der Waals surface area (Å²) in [5.41, 5.74) is -0.288. The van der Waals surface area contributed by atoms with Crippen LogP contribution >= 0.6 is 0 Å². The third-order valence-corrected chi connectivity index (χ3v) is 2.61. The predicted molar refractivity (Wildman–Crippen MR) is 92.6 cm³/mol. The third kappa shape index (κ3) is 6.76. The highest BCUT2D eigenvalue weighted by Gasteiger charge is 2.20. The molecule has 0 saturated heterocycles. The van der Waals surface area contributed by atoms with Gasteiger partial charge < -0.3 is 14.6 Å². The van der Waals surface area contributed by atoms with E-state index in [1.54, 1.807) is 48.5 Å². The summed E-state index contributed by atoms with van der Waals surface area (Å²) in [6.45, 7) is 12.1. The van der Waals surface area contributed by atoms with Gasteiger partial charge in [-0.15, -0.1) is 0 Å². The lowest BCUT2D eigenvalue weighted by atomic mass is 10.1. The monoisotopic (exact) mass is 338 g/mol. The molecular formula is C17H26N2O5. The van der Waals surface area contributed by atoms with E-state index < -0.39 is 23.4 Å². The summed E-state index contributed by atoms with van der Waals surface area (Å²) in [6.07, 6.45) is -1.36. The Bertz CT molecular complexity index is 572. The number of carbonyl (C=O) groups is 2. The molecule has 2 amide bonds. The van der Waals surface area contributed by atoms with Gasteiger partial charge in [-0.3, -0.25) is 10.6 Å². The average molecular weight is 338 g/mol. The molecule has 1 aromatic rings. The van der Waals surface area contributed by atoms with E-state index in [0.29, 0.717) is 11.3 Å². The SMILES string of the molecule is Cc1cc(NC(=O)OC(C)(C)C)c(NC(=O)OC(C)(C)C)cc1O. The minimum Gasteiger partial charge on any atom is -0.508 e. The number of rotatable bonds is 2. The van der Waals surface area contributed by atoms with Crippen molar-refractivity contribution < 1.29 is 24.2 Å². The summed E-state index contributed by atoms with van der Waals surface area (Å²) in [5, 5.41) is 14.9. The number of benzene rings is 1. The molecule has 0 heterocycles. The van der Waals surface area contributed by atoms with Gasteiger partial charge in [0.05, 0.1) is 11.4 Å². The molecule has 0 aliphatic rings. The van der Waals surface area contributed by atoms with E-state index in [4.69, 9.17) is 9.47 Å². The number of hydrogen-bond acceptors (Lipinski definition) is 5. The van der Waals surface area contributed by atoms with Gasteiger partial charge in [-0.1, -0.05) is 0 Å². The fourth-order valence-corrected chi connectivity index (χ4v) is 1.73. The standard InChI is InChI=1S/C17H26N2O5/c1-10-8-11(18-14(21)23-16(2,3)4)12(9-13(10)20)19-15(22)24-17(5,6)7/h8-9,20H,1-7H3,(H,18,21)(H,19,22). The molecule has 1 aromatic carbocycles. The van der Waals surface area contributed by atoms with Crippen LogP contribution in [0.25, 0.3) is 0 Å². The number of aryl methyl sites for hydroxylation is 1. The van der Waals surface area contributed by atoms with Crippen LogP contribution < -0.4 is 10.6 Å². The molecule has 7 heteroatoms. The van der Waals surface area contributed by atoms with Crippen molar-refractivity contribution in [1.82, 2.24) is 0 Å². The van der Waals surface area contributed by atoms with Crippen molar-refractivity contribution in [3.8, 4) is 5.75 Å². The topological polar surface area (TPSA) is 96.9 Å². The summed E-state index contributed by atoms with van der Waals surface area (Å²) in [7, 11) is 0. The quantitative estimate of drug-likeness (QED) is 0.695. The first-order valence-corrected chi connectivity index (χ1v) is 7.60. The minimum absolute atomic E-state index is 0.0178.